The standard InChI is InChI=1S/C31H32N6O6/c1-20(38)33-23-13-15-24(16-14-23)37(28(39)19-36-27-8-4-3-7-26(27)34-35-36)29(30(40)32-18-25-6-5-17-43-25)21-9-11-22(12-10-21)31(41)42-2/h3-4,7-16,25,29H,5-6,17-19H2,1-2H3,(H,32,40)(H,33,38)/t25-,29-/m1/s1. The molecule has 4 aromatic rings. The van der Waals surface area contributed by atoms with E-state index in [4.69, 9.17) is 9.47 Å². The molecule has 2 atom stereocenters. The molecular weight excluding hydrogens is 552 g/mol. The van der Waals surface area contributed by atoms with E-state index in [9.17, 15) is 19.2 Å². The highest BCUT2D eigenvalue weighted by molar-refractivity contribution is 6.02. The molecule has 0 saturated carbocycles. The van der Waals surface area contributed by atoms with E-state index in [1.54, 1.807) is 54.6 Å². The number of benzene rings is 3. The summed E-state index contributed by atoms with van der Waals surface area (Å²) in [5.74, 6) is -1.62. The normalized spacial score (nSPS) is 15.1. The Morgan fingerprint density at radius 1 is 1.05 bits per heavy atom. The van der Waals surface area contributed by atoms with Crippen LogP contribution >= 0.6 is 0 Å². The molecule has 0 aliphatic carbocycles. The molecule has 12 nitrogen and oxygen atoms in total. The van der Waals surface area contributed by atoms with Crippen LogP contribution in [-0.4, -0.2) is 65.1 Å². The maximum atomic E-state index is 14.2. The number of aromatic nitrogens is 3. The van der Waals surface area contributed by atoms with E-state index in [1.807, 2.05) is 18.2 Å². The first-order valence-corrected chi connectivity index (χ1v) is 13.9. The van der Waals surface area contributed by atoms with Crippen LogP contribution in [0.25, 0.3) is 11.0 Å². The predicted molar refractivity (Wildman–Crippen MR) is 158 cm³/mol. The molecule has 2 heterocycles. The Hall–Kier alpha value is -5.10. The maximum absolute atomic E-state index is 14.2. The third kappa shape index (κ3) is 6.87. The largest absolute Gasteiger partial charge is 0.465 e. The van der Waals surface area contributed by atoms with Crippen LogP contribution in [-0.2, 0) is 30.4 Å². The first-order chi connectivity index (χ1) is 20.8. The molecule has 1 fully saturated rings. The Kier molecular flexibility index (Phi) is 9.06. The van der Waals surface area contributed by atoms with E-state index in [0.29, 0.717) is 40.1 Å². The molecule has 3 amide bonds. The summed E-state index contributed by atoms with van der Waals surface area (Å²) < 4.78 is 12.0. The van der Waals surface area contributed by atoms with Crippen molar-refractivity contribution < 1.29 is 28.7 Å². The van der Waals surface area contributed by atoms with Gasteiger partial charge in [0, 0.05) is 31.5 Å². The van der Waals surface area contributed by atoms with Crippen LogP contribution in [0.2, 0.25) is 0 Å². The van der Waals surface area contributed by atoms with E-state index < -0.39 is 23.8 Å². The van der Waals surface area contributed by atoms with Gasteiger partial charge in [0.15, 0.2) is 0 Å². The number of rotatable bonds is 10. The first-order valence-electron chi connectivity index (χ1n) is 13.9. The fourth-order valence-electron chi connectivity index (χ4n) is 5.04. The average Bonchev–Trinajstić information content (AvgIpc) is 3.69. The SMILES string of the molecule is COC(=O)c1ccc([C@H](C(=O)NC[C@H]2CCCO2)N(C(=O)Cn2nnc3ccccc32)c2ccc(NC(C)=O)cc2)cc1. The summed E-state index contributed by atoms with van der Waals surface area (Å²) in [6.45, 7) is 2.12. The van der Waals surface area contributed by atoms with Gasteiger partial charge in [0.05, 0.1) is 24.3 Å². The number of para-hydroxylation sites is 1. The molecule has 0 unspecified atom stereocenters. The van der Waals surface area contributed by atoms with E-state index in [0.717, 1.165) is 12.8 Å². The second-order valence-corrected chi connectivity index (χ2v) is 10.1. The molecule has 12 heteroatoms. The van der Waals surface area contributed by atoms with Gasteiger partial charge in [-0.05, 0) is 66.9 Å². The van der Waals surface area contributed by atoms with Crippen molar-refractivity contribution in [1.82, 2.24) is 20.3 Å². The molecule has 1 saturated heterocycles. The number of fused-ring (bicyclic) bond motifs is 1. The van der Waals surface area contributed by atoms with E-state index in [-0.39, 0.29) is 25.1 Å². The fraction of sp³-hybridized carbons (Fsp3) is 0.290. The van der Waals surface area contributed by atoms with Crippen LogP contribution in [0, 0.1) is 0 Å². The highest BCUT2D eigenvalue weighted by atomic mass is 16.5. The second-order valence-electron chi connectivity index (χ2n) is 10.1. The Bertz CT molecular complexity index is 1610. The maximum Gasteiger partial charge on any atom is 0.337 e. The first kappa shape index (κ1) is 29.4. The molecule has 0 radical (unpaired) electrons. The summed E-state index contributed by atoms with van der Waals surface area (Å²) in [7, 11) is 1.29. The fourth-order valence-corrected chi connectivity index (χ4v) is 5.04. The molecule has 1 aromatic heterocycles. The number of esters is 1. The predicted octanol–water partition coefficient (Wildman–Crippen LogP) is 3.25. The van der Waals surface area contributed by atoms with Gasteiger partial charge in [0.2, 0.25) is 17.7 Å². The summed E-state index contributed by atoms with van der Waals surface area (Å²) >= 11 is 0. The molecular formula is C31H32N6O6. The number of carbonyl (C=O) groups excluding carboxylic acids is 4. The molecule has 1 aliphatic rings. The molecule has 0 bridgehead atoms. The topological polar surface area (TPSA) is 145 Å². The van der Waals surface area contributed by atoms with Gasteiger partial charge in [-0.3, -0.25) is 19.3 Å². The van der Waals surface area contributed by atoms with E-state index in [1.165, 1.54) is 23.6 Å². The molecule has 5 rings (SSSR count). The Morgan fingerprint density at radius 3 is 2.47 bits per heavy atom. The third-order valence-electron chi connectivity index (χ3n) is 7.12. The van der Waals surface area contributed by atoms with Crippen molar-refractivity contribution in [2.24, 2.45) is 0 Å². The van der Waals surface area contributed by atoms with E-state index >= 15 is 0 Å². The van der Waals surface area contributed by atoms with Crippen molar-refractivity contribution in [1.29, 1.82) is 0 Å². The van der Waals surface area contributed by atoms with Gasteiger partial charge in [-0.15, -0.1) is 5.10 Å². The summed E-state index contributed by atoms with van der Waals surface area (Å²) in [6, 6.07) is 19.1. The summed E-state index contributed by atoms with van der Waals surface area (Å²) in [6.07, 6.45) is 1.62. The molecule has 1 aliphatic heterocycles. The van der Waals surface area contributed by atoms with Crippen LogP contribution in [0.4, 0.5) is 11.4 Å². The zero-order valence-corrected chi connectivity index (χ0v) is 23.9. The number of methoxy groups -OCH3 is 1. The third-order valence-corrected chi connectivity index (χ3v) is 7.12. The molecule has 2 N–H and O–H groups in total. The Morgan fingerprint density at radius 2 is 1.79 bits per heavy atom. The molecule has 0 spiro atoms. The highest BCUT2D eigenvalue weighted by Crippen LogP contribution is 2.30. The van der Waals surface area contributed by atoms with Gasteiger partial charge in [0.25, 0.3) is 0 Å². The monoisotopic (exact) mass is 584 g/mol. The summed E-state index contributed by atoms with van der Waals surface area (Å²) in [4.78, 5) is 53.3. The van der Waals surface area contributed by atoms with Gasteiger partial charge in [0.1, 0.15) is 18.1 Å². The van der Waals surface area contributed by atoms with Gasteiger partial charge in [-0.25, -0.2) is 9.48 Å². The number of hydrogen-bond acceptors (Lipinski definition) is 8. The quantitative estimate of drug-likeness (QED) is 0.270. The lowest BCUT2D eigenvalue weighted by Gasteiger charge is -2.32. The lowest BCUT2D eigenvalue weighted by molar-refractivity contribution is -0.127. The minimum Gasteiger partial charge on any atom is -0.465 e. The molecule has 222 valence electrons. The van der Waals surface area contributed by atoms with Gasteiger partial charge < -0.3 is 20.1 Å². The van der Waals surface area contributed by atoms with Crippen molar-refractivity contribution in [3.05, 3.63) is 83.9 Å². The highest BCUT2D eigenvalue weighted by Gasteiger charge is 2.34. The summed E-state index contributed by atoms with van der Waals surface area (Å²) in [5.41, 5.74) is 3.02. The zero-order valence-electron chi connectivity index (χ0n) is 23.9. The number of hydrogen-bond donors (Lipinski definition) is 2. The number of anilines is 2. The van der Waals surface area contributed by atoms with Crippen LogP contribution < -0.4 is 15.5 Å². The van der Waals surface area contributed by atoms with Crippen LogP contribution in [0.1, 0.15) is 41.7 Å². The van der Waals surface area contributed by atoms with Gasteiger partial charge >= 0.3 is 5.97 Å². The van der Waals surface area contributed by atoms with Crippen molar-refractivity contribution >= 4 is 46.1 Å². The minimum atomic E-state index is -1.12. The smallest absolute Gasteiger partial charge is 0.337 e. The summed E-state index contributed by atoms with van der Waals surface area (Å²) in [5, 5.41) is 14.0. The van der Waals surface area contributed by atoms with E-state index in [2.05, 4.69) is 20.9 Å². The van der Waals surface area contributed by atoms with Gasteiger partial charge in [-0.1, -0.05) is 29.5 Å². The van der Waals surface area contributed by atoms with Crippen molar-refractivity contribution in [2.75, 3.05) is 30.5 Å². The zero-order chi connectivity index (χ0) is 30.3. The lowest BCUT2D eigenvalue weighted by atomic mass is 10.0. The number of ether oxygens (including phenoxy) is 2. The van der Waals surface area contributed by atoms with Gasteiger partial charge in [-0.2, -0.15) is 0 Å². The van der Waals surface area contributed by atoms with Crippen molar-refractivity contribution in [3.63, 3.8) is 0 Å². The Labute approximate surface area is 247 Å². The van der Waals surface area contributed by atoms with Crippen LogP contribution in [0.5, 0.6) is 0 Å². The number of carbonyl (C=O) groups is 4. The van der Waals surface area contributed by atoms with Crippen LogP contribution in [0.15, 0.2) is 72.8 Å². The van der Waals surface area contributed by atoms with Crippen LogP contribution in [0.3, 0.4) is 0 Å². The van der Waals surface area contributed by atoms with Crippen molar-refractivity contribution in [2.45, 2.75) is 38.5 Å². The number of nitrogens with one attached hydrogen (secondary N) is 2. The molecule has 3 aromatic carbocycles. The molecule has 43 heavy (non-hydrogen) atoms. The second kappa shape index (κ2) is 13.3. The average molecular weight is 585 g/mol. The number of amides is 3. The number of nitrogens with zero attached hydrogens (tertiary/aromatic N) is 4. The minimum absolute atomic E-state index is 0.117. The van der Waals surface area contributed by atoms with Crippen molar-refractivity contribution in [3.8, 4) is 0 Å². The Balaban J connectivity index is 1.55. The lowest BCUT2D eigenvalue weighted by Crippen LogP contribution is -2.46.